The first kappa shape index (κ1) is 14.9. The Labute approximate surface area is 152 Å². The summed E-state index contributed by atoms with van der Waals surface area (Å²) in [6, 6.07) is 29.8. The molecule has 122 valence electrons. The van der Waals surface area contributed by atoms with Crippen LogP contribution >= 0.6 is 0 Å². The second-order valence-electron chi connectivity index (χ2n) is 6.48. The largest absolute Gasteiger partial charge is 0.256 e. The molecule has 0 atom stereocenters. The van der Waals surface area contributed by atoms with Crippen LogP contribution in [0.4, 0.5) is 0 Å². The maximum atomic E-state index is 4.46. The molecular weight excluding hydrogens is 314 g/mol. The van der Waals surface area contributed by atoms with E-state index in [1.165, 1.54) is 38.1 Å². The van der Waals surface area contributed by atoms with Gasteiger partial charge in [0.15, 0.2) is 0 Å². The topological polar surface area (TPSA) is 12.9 Å². The molecule has 1 nitrogen and oxygen atoms in total. The number of rotatable bonds is 2. The van der Waals surface area contributed by atoms with E-state index in [1.807, 2.05) is 12.3 Å². The zero-order valence-corrected chi connectivity index (χ0v) is 14.3. The van der Waals surface area contributed by atoms with Gasteiger partial charge in [0.25, 0.3) is 0 Å². The lowest BCUT2D eigenvalue weighted by Gasteiger charge is -2.08. The standard InChI is InChI=1S/C25H17N/c1-3-9-21-19(7-1)17-20-8-2-4-10-22(20)24(21)14-13-18-15-16-26-25-12-6-5-11-23(18)25/h1-17H/b14-13+. The molecule has 0 bridgehead atoms. The molecule has 5 rings (SSSR count). The van der Waals surface area contributed by atoms with Gasteiger partial charge in [0.2, 0.25) is 0 Å². The van der Waals surface area contributed by atoms with Crippen molar-refractivity contribution < 1.29 is 0 Å². The highest BCUT2D eigenvalue weighted by atomic mass is 14.6. The summed E-state index contributed by atoms with van der Waals surface area (Å²) in [5, 5.41) is 6.27. The molecule has 1 heteroatoms. The van der Waals surface area contributed by atoms with E-state index in [-0.39, 0.29) is 0 Å². The summed E-state index contributed by atoms with van der Waals surface area (Å²) in [5.41, 5.74) is 3.48. The Kier molecular flexibility index (Phi) is 3.50. The Morgan fingerprint density at radius 2 is 1.19 bits per heavy atom. The number of hydrogen-bond donors (Lipinski definition) is 0. The molecule has 4 aromatic carbocycles. The highest BCUT2D eigenvalue weighted by molar-refractivity contribution is 6.08. The predicted octanol–water partition coefficient (Wildman–Crippen LogP) is 6.71. The molecule has 1 heterocycles. The Bertz CT molecular complexity index is 1220. The molecule has 1 aromatic heterocycles. The Hall–Kier alpha value is -3.45. The molecular formula is C25H17N. The molecule has 0 N–H and O–H groups in total. The van der Waals surface area contributed by atoms with E-state index in [2.05, 4.69) is 96.0 Å². The number of hydrogen-bond acceptors (Lipinski definition) is 1. The molecule has 0 aliphatic heterocycles. The fraction of sp³-hybridized carbons (Fsp3) is 0. The van der Waals surface area contributed by atoms with Crippen LogP contribution in [-0.4, -0.2) is 4.98 Å². The summed E-state index contributed by atoms with van der Waals surface area (Å²) in [7, 11) is 0. The van der Waals surface area contributed by atoms with Crippen molar-refractivity contribution in [1.82, 2.24) is 4.98 Å². The summed E-state index contributed by atoms with van der Waals surface area (Å²) in [5.74, 6) is 0. The predicted molar refractivity (Wildman–Crippen MR) is 112 cm³/mol. The van der Waals surface area contributed by atoms with E-state index in [1.54, 1.807) is 0 Å². The van der Waals surface area contributed by atoms with Crippen LogP contribution in [0.2, 0.25) is 0 Å². The number of benzene rings is 4. The van der Waals surface area contributed by atoms with E-state index < -0.39 is 0 Å². The van der Waals surface area contributed by atoms with Crippen LogP contribution in [-0.2, 0) is 0 Å². The van der Waals surface area contributed by atoms with E-state index in [0.717, 1.165) is 5.52 Å². The van der Waals surface area contributed by atoms with Gasteiger partial charge in [0.1, 0.15) is 0 Å². The quantitative estimate of drug-likeness (QED) is 0.327. The van der Waals surface area contributed by atoms with Gasteiger partial charge in [0, 0.05) is 11.6 Å². The van der Waals surface area contributed by atoms with Crippen molar-refractivity contribution >= 4 is 44.6 Å². The van der Waals surface area contributed by atoms with Gasteiger partial charge in [-0.05, 0) is 50.9 Å². The molecule has 0 fully saturated rings. The van der Waals surface area contributed by atoms with Crippen molar-refractivity contribution in [3.8, 4) is 0 Å². The smallest absolute Gasteiger partial charge is 0.0707 e. The zero-order chi connectivity index (χ0) is 17.3. The third-order valence-electron chi connectivity index (χ3n) is 4.93. The number of fused-ring (bicyclic) bond motifs is 3. The maximum absolute atomic E-state index is 4.46. The molecule has 0 radical (unpaired) electrons. The average molecular weight is 331 g/mol. The molecule has 0 saturated carbocycles. The minimum Gasteiger partial charge on any atom is -0.256 e. The molecule has 0 aliphatic rings. The number of aromatic nitrogens is 1. The maximum Gasteiger partial charge on any atom is 0.0707 e. The van der Waals surface area contributed by atoms with E-state index in [9.17, 15) is 0 Å². The second kappa shape index (κ2) is 6.12. The summed E-state index contributed by atoms with van der Waals surface area (Å²) in [6.07, 6.45) is 6.33. The van der Waals surface area contributed by atoms with Crippen molar-refractivity contribution in [2.45, 2.75) is 0 Å². The van der Waals surface area contributed by atoms with Crippen molar-refractivity contribution in [1.29, 1.82) is 0 Å². The summed E-state index contributed by atoms with van der Waals surface area (Å²) >= 11 is 0. The SMILES string of the molecule is C(=C\c1ccnc2ccccc12)/c1c2ccccc2cc2ccccc12. The lowest BCUT2D eigenvalue weighted by atomic mass is 9.96. The fourth-order valence-electron chi connectivity index (χ4n) is 3.66. The molecule has 0 unspecified atom stereocenters. The lowest BCUT2D eigenvalue weighted by molar-refractivity contribution is 1.41. The Balaban J connectivity index is 1.76. The van der Waals surface area contributed by atoms with Crippen molar-refractivity contribution in [3.05, 3.63) is 102 Å². The van der Waals surface area contributed by atoms with Gasteiger partial charge in [-0.2, -0.15) is 0 Å². The Morgan fingerprint density at radius 1 is 0.577 bits per heavy atom. The van der Waals surface area contributed by atoms with Crippen LogP contribution in [0.5, 0.6) is 0 Å². The van der Waals surface area contributed by atoms with Crippen molar-refractivity contribution in [3.63, 3.8) is 0 Å². The van der Waals surface area contributed by atoms with Crippen LogP contribution in [0.1, 0.15) is 11.1 Å². The van der Waals surface area contributed by atoms with Gasteiger partial charge >= 0.3 is 0 Å². The molecule has 0 aliphatic carbocycles. The van der Waals surface area contributed by atoms with Crippen LogP contribution in [0.25, 0.3) is 44.6 Å². The average Bonchev–Trinajstić information content (AvgIpc) is 2.71. The molecule has 0 spiro atoms. The first-order valence-corrected chi connectivity index (χ1v) is 8.82. The summed E-state index contributed by atoms with van der Waals surface area (Å²) < 4.78 is 0. The normalized spacial score (nSPS) is 11.7. The van der Waals surface area contributed by atoms with E-state index in [0.29, 0.717) is 0 Å². The summed E-state index contributed by atoms with van der Waals surface area (Å²) in [6.45, 7) is 0. The highest BCUT2D eigenvalue weighted by Crippen LogP contribution is 2.30. The fourth-order valence-corrected chi connectivity index (χ4v) is 3.66. The monoisotopic (exact) mass is 331 g/mol. The molecule has 5 aromatic rings. The number of para-hydroxylation sites is 1. The lowest BCUT2D eigenvalue weighted by Crippen LogP contribution is -1.84. The van der Waals surface area contributed by atoms with Crippen LogP contribution in [0, 0.1) is 0 Å². The van der Waals surface area contributed by atoms with Crippen LogP contribution in [0.3, 0.4) is 0 Å². The van der Waals surface area contributed by atoms with Gasteiger partial charge in [-0.15, -0.1) is 0 Å². The number of pyridine rings is 1. The van der Waals surface area contributed by atoms with Gasteiger partial charge in [-0.1, -0.05) is 78.9 Å². The minimum atomic E-state index is 1.03. The second-order valence-corrected chi connectivity index (χ2v) is 6.48. The third kappa shape index (κ3) is 2.46. The van der Waals surface area contributed by atoms with Gasteiger partial charge in [-0.3, -0.25) is 4.98 Å². The van der Waals surface area contributed by atoms with E-state index in [4.69, 9.17) is 0 Å². The number of nitrogens with zero attached hydrogens (tertiary/aromatic N) is 1. The van der Waals surface area contributed by atoms with Gasteiger partial charge in [0.05, 0.1) is 5.52 Å². The van der Waals surface area contributed by atoms with Crippen molar-refractivity contribution in [2.24, 2.45) is 0 Å². The first-order chi connectivity index (χ1) is 12.9. The Morgan fingerprint density at radius 3 is 1.92 bits per heavy atom. The molecule has 0 amide bonds. The van der Waals surface area contributed by atoms with Crippen LogP contribution < -0.4 is 0 Å². The summed E-state index contributed by atoms with van der Waals surface area (Å²) in [4.78, 5) is 4.46. The van der Waals surface area contributed by atoms with Crippen LogP contribution in [0.15, 0.2) is 91.1 Å². The third-order valence-corrected chi connectivity index (χ3v) is 4.93. The first-order valence-electron chi connectivity index (χ1n) is 8.82. The van der Waals surface area contributed by atoms with Gasteiger partial charge in [-0.25, -0.2) is 0 Å². The minimum absolute atomic E-state index is 1.03. The van der Waals surface area contributed by atoms with E-state index >= 15 is 0 Å². The van der Waals surface area contributed by atoms with Gasteiger partial charge < -0.3 is 0 Å². The van der Waals surface area contributed by atoms with Crippen molar-refractivity contribution in [2.75, 3.05) is 0 Å². The molecule has 0 saturated heterocycles. The highest BCUT2D eigenvalue weighted by Gasteiger charge is 2.05. The zero-order valence-electron chi connectivity index (χ0n) is 14.3. The molecule has 26 heavy (non-hydrogen) atoms.